The van der Waals surface area contributed by atoms with Crippen LogP contribution in [0.4, 0.5) is 0 Å². The molecule has 1 aromatic carbocycles. The van der Waals surface area contributed by atoms with Crippen molar-refractivity contribution in [2.45, 2.75) is 25.1 Å². The molecule has 0 bridgehead atoms. The number of carbonyl (C=O) groups is 2. The van der Waals surface area contributed by atoms with Gasteiger partial charge in [-0.2, -0.15) is 0 Å². The van der Waals surface area contributed by atoms with Crippen LogP contribution in [-0.2, 0) is 11.3 Å². The smallest absolute Gasteiger partial charge is 0.254 e. The summed E-state index contributed by atoms with van der Waals surface area (Å²) in [6.07, 6.45) is 0.915. The Hall–Kier alpha value is -2.64. The fourth-order valence-electron chi connectivity index (χ4n) is 3.02. The van der Waals surface area contributed by atoms with Crippen LogP contribution in [0.2, 0.25) is 5.02 Å². The molecule has 3 rings (SSSR count). The number of carbonyl (C=O) groups excluding carboxylic acids is 2. The number of aromatic nitrogens is 1. The van der Waals surface area contributed by atoms with Gasteiger partial charge in [-0.3, -0.25) is 9.59 Å². The van der Waals surface area contributed by atoms with Gasteiger partial charge >= 0.3 is 0 Å². The zero-order valence-corrected chi connectivity index (χ0v) is 15.5. The molecule has 8 heteroatoms. The summed E-state index contributed by atoms with van der Waals surface area (Å²) in [7, 11) is 1.46. The summed E-state index contributed by atoms with van der Waals surface area (Å²) in [6, 6.07) is 9.45. The number of amides is 2. The van der Waals surface area contributed by atoms with Crippen LogP contribution >= 0.6 is 11.6 Å². The van der Waals surface area contributed by atoms with Crippen molar-refractivity contribution in [2.75, 3.05) is 13.7 Å². The van der Waals surface area contributed by atoms with Gasteiger partial charge in [0.1, 0.15) is 6.04 Å². The first-order valence-electron chi connectivity index (χ1n) is 8.49. The zero-order valence-electron chi connectivity index (χ0n) is 14.8. The SMILES string of the molecule is COc1cc(C(=O)N2C[C@H](O)C[C@H]2C(=O)NCc2ccc(Cl)cc2)ccn1. The number of rotatable bonds is 5. The fraction of sp³-hybridized carbons (Fsp3) is 0.316. The maximum absolute atomic E-state index is 12.8. The van der Waals surface area contributed by atoms with Gasteiger partial charge in [-0.15, -0.1) is 0 Å². The van der Waals surface area contributed by atoms with Crippen molar-refractivity contribution in [3.8, 4) is 5.88 Å². The first-order chi connectivity index (χ1) is 13.0. The highest BCUT2D eigenvalue weighted by molar-refractivity contribution is 6.30. The maximum atomic E-state index is 12.8. The summed E-state index contributed by atoms with van der Waals surface area (Å²) in [5.74, 6) is -0.348. The van der Waals surface area contributed by atoms with Crippen LogP contribution in [0.1, 0.15) is 22.3 Å². The number of pyridine rings is 1. The van der Waals surface area contributed by atoms with E-state index in [4.69, 9.17) is 16.3 Å². The van der Waals surface area contributed by atoms with Gasteiger partial charge in [-0.25, -0.2) is 4.98 Å². The van der Waals surface area contributed by atoms with E-state index in [1.165, 1.54) is 24.3 Å². The maximum Gasteiger partial charge on any atom is 0.254 e. The van der Waals surface area contributed by atoms with E-state index in [1.807, 2.05) is 12.1 Å². The molecule has 1 aliphatic heterocycles. The largest absolute Gasteiger partial charge is 0.481 e. The van der Waals surface area contributed by atoms with Crippen molar-refractivity contribution >= 4 is 23.4 Å². The number of methoxy groups -OCH3 is 1. The first kappa shape index (κ1) is 19.1. The number of ether oxygens (including phenoxy) is 1. The lowest BCUT2D eigenvalue weighted by molar-refractivity contribution is -0.125. The van der Waals surface area contributed by atoms with Crippen LogP contribution in [0.25, 0.3) is 0 Å². The number of aliphatic hydroxyl groups is 1. The lowest BCUT2D eigenvalue weighted by Gasteiger charge is -2.24. The Labute approximate surface area is 161 Å². The molecular formula is C19H20ClN3O4. The molecule has 0 saturated carbocycles. The van der Waals surface area contributed by atoms with E-state index in [0.29, 0.717) is 23.0 Å². The average Bonchev–Trinajstić information content (AvgIpc) is 3.08. The minimum Gasteiger partial charge on any atom is -0.481 e. The summed E-state index contributed by atoms with van der Waals surface area (Å²) in [4.78, 5) is 30.8. The molecule has 0 aliphatic carbocycles. The van der Waals surface area contributed by atoms with E-state index >= 15 is 0 Å². The van der Waals surface area contributed by atoms with E-state index in [-0.39, 0.29) is 24.8 Å². The number of likely N-dealkylation sites (tertiary alicyclic amines) is 1. The van der Waals surface area contributed by atoms with Gasteiger partial charge in [-0.05, 0) is 23.8 Å². The lowest BCUT2D eigenvalue weighted by Crippen LogP contribution is -2.45. The minimum absolute atomic E-state index is 0.0997. The highest BCUT2D eigenvalue weighted by atomic mass is 35.5. The second-order valence-electron chi connectivity index (χ2n) is 6.29. The minimum atomic E-state index is -0.746. The highest BCUT2D eigenvalue weighted by Crippen LogP contribution is 2.22. The molecule has 2 amide bonds. The zero-order chi connectivity index (χ0) is 19.4. The van der Waals surface area contributed by atoms with E-state index < -0.39 is 12.1 Å². The van der Waals surface area contributed by atoms with Gasteiger partial charge in [-0.1, -0.05) is 23.7 Å². The normalized spacial score (nSPS) is 19.0. The third-order valence-electron chi connectivity index (χ3n) is 4.41. The van der Waals surface area contributed by atoms with E-state index in [1.54, 1.807) is 18.2 Å². The van der Waals surface area contributed by atoms with Crippen LogP contribution in [0.15, 0.2) is 42.6 Å². The van der Waals surface area contributed by atoms with Gasteiger partial charge in [0.2, 0.25) is 11.8 Å². The summed E-state index contributed by atoms with van der Waals surface area (Å²) >= 11 is 5.86. The number of nitrogens with one attached hydrogen (secondary N) is 1. The predicted octanol–water partition coefficient (Wildman–Crippen LogP) is 1.64. The second-order valence-corrected chi connectivity index (χ2v) is 6.73. The molecule has 2 atom stereocenters. The highest BCUT2D eigenvalue weighted by Gasteiger charge is 2.39. The number of β-amino-alcohol motifs (C(OH)–C–C–N with tert-alkyl or cyclic N) is 1. The molecular weight excluding hydrogens is 370 g/mol. The summed E-state index contributed by atoms with van der Waals surface area (Å²) in [6.45, 7) is 0.413. The summed E-state index contributed by atoms with van der Waals surface area (Å²) in [5, 5.41) is 13.4. The number of aliphatic hydroxyl groups excluding tert-OH is 1. The Balaban J connectivity index is 1.70. The molecule has 2 heterocycles. The van der Waals surface area contributed by atoms with Crippen molar-refractivity contribution in [3.63, 3.8) is 0 Å². The van der Waals surface area contributed by atoms with Gasteiger partial charge in [0.25, 0.3) is 5.91 Å². The molecule has 1 fully saturated rings. The lowest BCUT2D eigenvalue weighted by atomic mass is 10.1. The topological polar surface area (TPSA) is 91.8 Å². The number of hydrogen-bond acceptors (Lipinski definition) is 5. The number of halogens is 1. The van der Waals surface area contributed by atoms with E-state index in [0.717, 1.165) is 5.56 Å². The number of benzene rings is 1. The molecule has 1 aliphatic rings. The third-order valence-corrected chi connectivity index (χ3v) is 4.67. The van der Waals surface area contributed by atoms with Crippen molar-refractivity contribution in [3.05, 3.63) is 58.7 Å². The quantitative estimate of drug-likeness (QED) is 0.811. The van der Waals surface area contributed by atoms with Crippen LogP contribution in [0.5, 0.6) is 5.88 Å². The molecule has 0 spiro atoms. The van der Waals surface area contributed by atoms with Crippen LogP contribution in [0.3, 0.4) is 0 Å². The molecule has 2 N–H and O–H groups in total. The molecule has 27 heavy (non-hydrogen) atoms. The Morgan fingerprint density at radius 1 is 1.33 bits per heavy atom. The van der Waals surface area contributed by atoms with Crippen molar-refractivity contribution in [1.82, 2.24) is 15.2 Å². The van der Waals surface area contributed by atoms with E-state index in [2.05, 4.69) is 10.3 Å². The molecule has 7 nitrogen and oxygen atoms in total. The molecule has 142 valence electrons. The molecule has 2 aromatic rings. The molecule has 0 radical (unpaired) electrons. The number of nitrogens with zero attached hydrogens (tertiary/aromatic N) is 2. The van der Waals surface area contributed by atoms with Crippen LogP contribution in [-0.4, -0.2) is 52.6 Å². The van der Waals surface area contributed by atoms with Crippen LogP contribution < -0.4 is 10.1 Å². The average molecular weight is 390 g/mol. The Morgan fingerprint density at radius 3 is 2.78 bits per heavy atom. The predicted molar refractivity (Wildman–Crippen MR) is 99.5 cm³/mol. The standard InChI is InChI=1S/C19H20ClN3O4/c1-27-17-8-13(6-7-21-17)19(26)23-11-15(24)9-16(23)18(25)22-10-12-2-4-14(20)5-3-12/h2-8,15-16,24H,9-11H2,1H3,(H,22,25)/t15-,16+/m1/s1. The van der Waals surface area contributed by atoms with Crippen molar-refractivity contribution in [1.29, 1.82) is 0 Å². The second kappa shape index (κ2) is 8.37. The summed E-state index contributed by atoms with van der Waals surface area (Å²) < 4.78 is 5.04. The van der Waals surface area contributed by atoms with Gasteiger partial charge < -0.3 is 20.1 Å². The number of hydrogen-bond donors (Lipinski definition) is 2. The van der Waals surface area contributed by atoms with Gasteiger partial charge in [0, 0.05) is 42.4 Å². The molecule has 0 unspecified atom stereocenters. The summed E-state index contributed by atoms with van der Waals surface area (Å²) in [5.41, 5.74) is 1.24. The Bertz CT molecular complexity index is 828. The monoisotopic (exact) mass is 389 g/mol. The fourth-order valence-corrected chi connectivity index (χ4v) is 3.14. The Morgan fingerprint density at radius 2 is 2.07 bits per heavy atom. The molecule has 1 aromatic heterocycles. The van der Waals surface area contributed by atoms with Crippen molar-refractivity contribution in [2.24, 2.45) is 0 Å². The van der Waals surface area contributed by atoms with E-state index in [9.17, 15) is 14.7 Å². The van der Waals surface area contributed by atoms with Gasteiger partial charge in [0.05, 0.1) is 13.2 Å². The molecule has 1 saturated heterocycles. The first-order valence-corrected chi connectivity index (χ1v) is 8.87. The van der Waals surface area contributed by atoms with Crippen LogP contribution in [0, 0.1) is 0 Å². The van der Waals surface area contributed by atoms with Crippen molar-refractivity contribution < 1.29 is 19.4 Å². The third kappa shape index (κ3) is 4.56. The Kier molecular flexibility index (Phi) is 5.93. The van der Waals surface area contributed by atoms with Gasteiger partial charge in [0.15, 0.2) is 0 Å².